The average molecular weight is 669 g/mol. The van der Waals surface area contributed by atoms with Gasteiger partial charge >= 0.3 is 268 Å². The van der Waals surface area contributed by atoms with Crippen molar-refractivity contribution >= 4 is 5.70 Å². The van der Waals surface area contributed by atoms with Crippen LogP contribution in [0.15, 0.2) is 78.4 Å². The summed E-state index contributed by atoms with van der Waals surface area (Å²) < 4.78 is 12.4. The van der Waals surface area contributed by atoms with Crippen LogP contribution >= 0.6 is 0 Å². The molecule has 5 heteroatoms. The van der Waals surface area contributed by atoms with Crippen molar-refractivity contribution in [2.75, 3.05) is 0 Å². The van der Waals surface area contributed by atoms with Crippen molar-refractivity contribution < 1.29 is 17.1 Å². The fourth-order valence-corrected chi connectivity index (χ4v) is 8.39. The van der Waals surface area contributed by atoms with Gasteiger partial charge in [-0.05, 0) is 0 Å². The fraction of sp³-hybridized carbons (Fsp3) is 0.368. The Labute approximate surface area is 266 Å². The number of benzene rings is 2. The van der Waals surface area contributed by atoms with Crippen LogP contribution in [-0.2, 0) is 17.1 Å². The molecule has 0 saturated heterocycles. The van der Waals surface area contributed by atoms with Crippen LogP contribution in [0.1, 0.15) is 87.4 Å². The summed E-state index contributed by atoms with van der Waals surface area (Å²) in [6, 6.07) is 9.41. The van der Waals surface area contributed by atoms with Crippen molar-refractivity contribution in [3.05, 3.63) is 120 Å². The van der Waals surface area contributed by atoms with Gasteiger partial charge in [-0.15, -0.1) is 0 Å². The standard InChI is InChI=1S/C21H28N2.C17H22N2.Pd/c1-7-8-16(2)9-10-20(6)22-11-12-23(15-22)21-18(4)13-17(3)14-19(21)5;1-12(2)16(6)18-7-8-19(11-18)17-14(4)9-13(3)10-15(17)5;/h8-14,20H,7H2,1-6H3;7-10H,1-6H3;/b10-9-,16-8-;;. The number of rotatable bonds is 7. The molecule has 0 spiro atoms. The molecule has 43 heavy (non-hydrogen) atoms. The van der Waals surface area contributed by atoms with Crippen LogP contribution in [0.3, 0.4) is 0 Å². The van der Waals surface area contributed by atoms with E-state index < -0.39 is 0 Å². The third kappa shape index (κ3) is 6.95. The van der Waals surface area contributed by atoms with Crippen molar-refractivity contribution in [1.82, 2.24) is 18.3 Å². The van der Waals surface area contributed by atoms with Gasteiger partial charge in [-0.25, -0.2) is 0 Å². The van der Waals surface area contributed by atoms with Crippen molar-refractivity contribution in [2.45, 2.75) is 95.5 Å². The molecule has 0 aliphatic heterocycles. The topological polar surface area (TPSA) is 19.7 Å². The van der Waals surface area contributed by atoms with Crippen molar-refractivity contribution in [1.29, 1.82) is 0 Å². The monoisotopic (exact) mass is 668 g/mol. The van der Waals surface area contributed by atoms with Gasteiger partial charge < -0.3 is 0 Å². The van der Waals surface area contributed by atoms with E-state index in [9.17, 15) is 0 Å². The van der Waals surface area contributed by atoms with Gasteiger partial charge in [0, 0.05) is 0 Å². The number of allylic oxidation sites excluding steroid dienone is 6. The number of aryl methyl sites for hydroxylation is 6. The molecule has 1 atom stereocenters. The number of hydrogen-bond acceptors (Lipinski definition) is 0. The first-order valence-corrected chi connectivity index (χ1v) is 16.9. The van der Waals surface area contributed by atoms with Crippen LogP contribution in [0.25, 0.3) is 17.1 Å². The van der Waals surface area contributed by atoms with Gasteiger partial charge in [-0.2, -0.15) is 0 Å². The summed E-state index contributed by atoms with van der Waals surface area (Å²) in [6.45, 7) is 26.7. The summed E-state index contributed by atoms with van der Waals surface area (Å²) in [7, 11) is 0. The second-order valence-electron chi connectivity index (χ2n) is 12.2. The first-order valence-electron chi connectivity index (χ1n) is 15.3. The van der Waals surface area contributed by atoms with E-state index in [1.54, 1.807) is 0 Å². The summed E-state index contributed by atoms with van der Waals surface area (Å²) in [5, 5.41) is 0. The van der Waals surface area contributed by atoms with Gasteiger partial charge in [0.25, 0.3) is 0 Å². The summed E-state index contributed by atoms with van der Waals surface area (Å²) >= 11 is 0.113. The second-order valence-corrected chi connectivity index (χ2v) is 14.0. The first-order chi connectivity index (χ1) is 20.3. The molecular formula is C38H50N4Pd. The minimum absolute atomic E-state index is 0.113. The molecule has 4 aromatic rings. The molecule has 0 aliphatic carbocycles. The first kappa shape index (κ1) is 32.7. The number of hydrogen-bond donors (Lipinski definition) is 0. The summed E-state index contributed by atoms with van der Waals surface area (Å²) in [5.74, 6) is 0. The quantitative estimate of drug-likeness (QED) is 0.138. The minimum atomic E-state index is 0.113. The van der Waals surface area contributed by atoms with E-state index in [-0.39, 0.29) is 23.1 Å². The van der Waals surface area contributed by atoms with Gasteiger partial charge in [-0.1, -0.05) is 0 Å². The molecule has 0 N–H and O–H groups in total. The van der Waals surface area contributed by atoms with E-state index in [0.717, 1.165) is 6.42 Å². The van der Waals surface area contributed by atoms with Crippen LogP contribution in [0.4, 0.5) is 0 Å². The van der Waals surface area contributed by atoms with Crippen molar-refractivity contribution in [2.24, 2.45) is 0 Å². The third-order valence-corrected chi connectivity index (χ3v) is 10.3. The maximum atomic E-state index is 2.47. The van der Waals surface area contributed by atoms with Crippen LogP contribution < -0.4 is 0 Å². The predicted octanol–water partition coefficient (Wildman–Crippen LogP) is 10.3. The fourth-order valence-electron chi connectivity index (χ4n) is 5.93. The molecule has 0 saturated carbocycles. The molecule has 2 aromatic heterocycles. The molecule has 0 fully saturated rings. The van der Waals surface area contributed by atoms with Crippen LogP contribution in [0.5, 0.6) is 0 Å². The Morgan fingerprint density at radius 2 is 1.21 bits per heavy atom. The molecule has 1 unspecified atom stereocenters. The van der Waals surface area contributed by atoms with E-state index in [1.807, 2.05) is 0 Å². The normalized spacial score (nSPS) is 12.9. The van der Waals surface area contributed by atoms with E-state index in [1.165, 1.54) is 69.4 Å². The third-order valence-electron chi connectivity index (χ3n) is 8.07. The molecule has 4 nitrogen and oxygen atoms in total. The Balaban J connectivity index is 2.24. The zero-order chi connectivity index (χ0) is 31.6. The van der Waals surface area contributed by atoms with E-state index in [2.05, 4.69) is 169 Å². The van der Waals surface area contributed by atoms with Crippen molar-refractivity contribution in [3.8, 4) is 11.4 Å². The van der Waals surface area contributed by atoms with Crippen LogP contribution in [0, 0.1) is 49.3 Å². The Morgan fingerprint density at radius 3 is 1.70 bits per heavy atom. The number of nitrogens with zero attached hydrogens (tertiary/aromatic N) is 4. The predicted molar refractivity (Wildman–Crippen MR) is 181 cm³/mol. The Morgan fingerprint density at radius 1 is 0.721 bits per heavy atom. The molecule has 0 amide bonds. The van der Waals surface area contributed by atoms with Gasteiger partial charge in [0.1, 0.15) is 0 Å². The van der Waals surface area contributed by atoms with E-state index in [0.29, 0.717) is 0 Å². The molecule has 2 aromatic carbocycles. The van der Waals surface area contributed by atoms with Gasteiger partial charge in [-0.3, -0.25) is 0 Å². The van der Waals surface area contributed by atoms with Crippen molar-refractivity contribution in [3.63, 3.8) is 0 Å². The Hall–Kier alpha value is -3.26. The molecule has 2 heterocycles. The number of aromatic nitrogens is 4. The number of imidazole rings is 2. The molecular weight excluding hydrogens is 619 g/mol. The molecule has 0 bridgehead atoms. The average Bonchev–Trinajstić information content (AvgIpc) is 3.51. The maximum absolute atomic E-state index is 2.47. The molecule has 4 rings (SSSR count). The summed E-state index contributed by atoms with van der Waals surface area (Å²) in [5.41, 5.74) is 14.3. The van der Waals surface area contributed by atoms with Crippen LogP contribution in [-0.4, -0.2) is 18.3 Å². The van der Waals surface area contributed by atoms with Gasteiger partial charge in [0.15, 0.2) is 0 Å². The van der Waals surface area contributed by atoms with Crippen LogP contribution in [0.2, 0.25) is 0 Å². The molecule has 0 aliphatic rings. The second kappa shape index (κ2) is 13.6. The summed E-state index contributed by atoms with van der Waals surface area (Å²) in [6.07, 6.45) is 17.0. The van der Waals surface area contributed by atoms with Gasteiger partial charge in [0.05, 0.1) is 0 Å². The zero-order valence-corrected chi connectivity index (χ0v) is 29.8. The zero-order valence-electron chi connectivity index (χ0n) is 28.2. The van der Waals surface area contributed by atoms with E-state index >= 15 is 0 Å². The molecule has 0 radical (unpaired) electrons. The summed E-state index contributed by atoms with van der Waals surface area (Å²) in [4.78, 5) is 0. The Bertz CT molecular complexity index is 1860. The molecule has 232 valence electrons. The van der Waals surface area contributed by atoms with E-state index in [4.69, 9.17) is 0 Å². The Kier molecular flexibility index (Phi) is 10.3. The SMILES string of the molecule is CC/C=C(C)\C=C/C(C)n1ccn(-c2c(C)cc(C)cc2C)[c]1=[Pd]=[c]1n(C(C)=C(C)C)ccn1-c1c(C)cc(C)cc1C. The van der Waals surface area contributed by atoms with Gasteiger partial charge in [0.2, 0.25) is 0 Å².